The zero-order valence-corrected chi connectivity index (χ0v) is 7.94. The lowest BCUT2D eigenvalue weighted by Gasteiger charge is -2.09. The van der Waals surface area contributed by atoms with Crippen molar-refractivity contribution in [2.75, 3.05) is 6.54 Å². The van der Waals surface area contributed by atoms with Crippen LogP contribution in [0.1, 0.15) is 11.6 Å². The highest BCUT2D eigenvalue weighted by atomic mass is 35.5. The van der Waals surface area contributed by atoms with E-state index in [1.165, 1.54) is 6.20 Å². The van der Waals surface area contributed by atoms with Crippen molar-refractivity contribution in [2.24, 2.45) is 11.5 Å². The number of hydrogen-bond donors (Lipinski definition) is 2. The quantitative estimate of drug-likeness (QED) is 0.568. The average molecular weight is 217 g/mol. The van der Waals surface area contributed by atoms with E-state index in [9.17, 15) is 10.1 Å². The van der Waals surface area contributed by atoms with E-state index in [0.29, 0.717) is 5.56 Å². The Morgan fingerprint density at radius 2 is 2.29 bits per heavy atom. The highest BCUT2D eigenvalue weighted by molar-refractivity contribution is 6.33. The summed E-state index contributed by atoms with van der Waals surface area (Å²) in [5.41, 5.74) is 11.0. The highest BCUT2D eigenvalue weighted by Gasteiger charge is 2.19. The smallest absolute Gasteiger partial charge is 0.306 e. The van der Waals surface area contributed by atoms with E-state index in [1.807, 2.05) is 0 Å². The van der Waals surface area contributed by atoms with Crippen molar-refractivity contribution in [2.45, 2.75) is 6.04 Å². The van der Waals surface area contributed by atoms with E-state index in [-0.39, 0.29) is 17.3 Å². The van der Waals surface area contributed by atoms with Gasteiger partial charge in [-0.3, -0.25) is 15.1 Å². The number of pyridine rings is 1. The van der Waals surface area contributed by atoms with Gasteiger partial charge in [0.1, 0.15) is 11.2 Å². The molecule has 6 nitrogen and oxygen atoms in total. The molecule has 0 amide bonds. The molecule has 0 aliphatic heterocycles. The molecule has 0 radical (unpaired) electrons. The third-order valence-corrected chi connectivity index (χ3v) is 2.15. The zero-order valence-electron chi connectivity index (χ0n) is 7.18. The van der Waals surface area contributed by atoms with Crippen molar-refractivity contribution in [1.29, 1.82) is 0 Å². The standard InChI is InChI=1S/C7H9ClN4O2/c8-7-4(5(10)1-9)2-11-3-6(7)12(13)14/h2-3,5H,1,9-10H2/t5-/m1/s1. The maximum Gasteiger partial charge on any atom is 0.306 e. The third-order valence-electron chi connectivity index (χ3n) is 1.74. The number of halogens is 1. The van der Waals surface area contributed by atoms with Crippen molar-refractivity contribution in [3.05, 3.63) is 33.1 Å². The fourth-order valence-corrected chi connectivity index (χ4v) is 1.27. The Balaban J connectivity index is 3.20. The topological polar surface area (TPSA) is 108 Å². The lowest BCUT2D eigenvalue weighted by atomic mass is 10.1. The molecule has 0 saturated carbocycles. The third kappa shape index (κ3) is 1.98. The van der Waals surface area contributed by atoms with Gasteiger partial charge in [0.2, 0.25) is 0 Å². The second kappa shape index (κ2) is 4.32. The van der Waals surface area contributed by atoms with Gasteiger partial charge in [0.15, 0.2) is 0 Å². The SMILES string of the molecule is NC[C@@H](N)c1cncc([N+](=O)[O-])c1Cl. The predicted octanol–water partition coefficient (Wildman–Crippen LogP) is 0.602. The molecule has 0 saturated heterocycles. The Bertz CT molecular complexity index is 358. The van der Waals surface area contributed by atoms with Crippen molar-refractivity contribution in [1.82, 2.24) is 4.98 Å². The highest BCUT2D eigenvalue weighted by Crippen LogP contribution is 2.29. The first kappa shape index (κ1) is 10.8. The zero-order chi connectivity index (χ0) is 10.7. The van der Waals surface area contributed by atoms with Gasteiger partial charge >= 0.3 is 5.69 Å². The van der Waals surface area contributed by atoms with Crippen LogP contribution in [0.25, 0.3) is 0 Å². The number of rotatable bonds is 3. The first-order valence-corrected chi connectivity index (χ1v) is 4.19. The molecule has 0 aromatic carbocycles. The van der Waals surface area contributed by atoms with E-state index >= 15 is 0 Å². The van der Waals surface area contributed by atoms with E-state index in [2.05, 4.69) is 4.98 Å². The van der Waals surface area contributed by atoms with Crippen LogP contribution < -0.4 is 11.5 Å². The Morgan fingerprint density at radius 1 is 1.64 bits per heavy atom. The van der Waals surface area contributed by atoms with Gasteiger partial charge in [-0.1, -0.05) is 11.6 Å². The van der Waals surface area contributed by atoms with Gasteiger partial charge in [-0.05, 0) is 0 Å². The van der Waals surface area contributed by atoms with Crippen molar-refractivity contribution in [3.8, 4) is 0 Å². The second-order valence-electron chi connectivity index (χ2n) is 2.66. The monoisotopic (exact) mass is 216 g/mol. The van der Waals surface area contributed by atoms with Crippen molar-refractivity contribution >= 4 is 17.3 Å². The summed E-state index contributed by atoms with van der Waals surface area (Å²) in [6, 6.07) is -0.533. The van der Waals surface area contributed by atoms with Gasteiger partial charge in [0, 0.05) is 24.3 Å². The van der Waals surface area contributed by atoms with Crippen LogP contribution in [0.15, 0.2) is 12.4 Å². The minimum absolute atomic E-state index is 0.00273. The number of nitro groups is 1. The Morgan fingerprint density at radius 3 is 2.79 bits per heavy atom. The van der Waals surface area contributed by atoms with Crippen molar-refractivity contribution in [3.63, 3.8) is 0 Å². The molecule has 0 aliphatic carbocycles. The fourth-order valence-electron chi connectivity index (χ4n) is 0.962. The first-order chi connectivity index (χ1) is 6.57. The summed E-state index contributed by atoms with van der Waals surface area (Å²) in [5, 5.41) is 10.5. The molecule has 0 fully saturated rings. The van der Waals surface area contributed by atoms with Gasteiger partial charge in [0.05, 0.1) is 4.92 Å². The molecule has 76 valence electrons. The minimum Gasteiger partial charge on any atom is -0.329 e. The molecule has 4 N–H and O–H groups in total. The molecule has 1 aromatic heterocycles. The molecule has 0 bridgehead atoms. The Labute approximate surface area is 85.0 Å². The second-order valence-corrected chi connectivity index (χ2v) is 3.04. The van der Waals surface area contributed by atoms with E-state index < -0.39 is 11.0 Å². The predicted molar refractivity (Wildman–Crippen MR) is 51.9 cm³/mol. The molecule has 14 heavy (non-hydrogen) atoms. The summed E-state index contributed by atoms with van der Waals surface area (Å²) >= 11 is 5.76. The van der Waals surface area contributed by atoms with E-state index in [0.717, 1.165) is 6.20 Å². The van der Waals surface area contributed by atoms with Gasteiger partial charge in [0.25, 0.3) is 0 Å². The molecular weight excluding hydrogens is 208 g/mol. The summed E-state index contributed by atoms with van der Waals surface area (Å²) in [7, 11) is 0. The van der Waals surface area contributed by atoms with Crippen LogP contribution in [0, 0.1) is 10.1 Å². The lowest BCUT2D eigenvalue weighted by molar-refractivity contribution is -0.385. The van der Waals surface area contributed by atoms with Gasteiger partial charge < -0.3 is 11.5 Å². The molecule has 1 rings (SSSR count). The Kier molecular flexibility index (Phi) is 3.34. The average Bonchev–Trinajstić information content (AvgIpc) is 2.16. The molecule has 1 atom stereocenters. The van der Waals surface area contributed by atoms with E-state index in [1.54, 1.807) is 0 Å². The molecular formula is C7H9ClN4O2. The van der Waals surface area contributed by atoms with Gasteiger partial charge in [-0.15, -0.1) is 0 Å². The van der Waals surface area contributed by atoms with Crippen LogP contribution >= 0.6 is 11.6 Å². The largest absolute Gasteiger partial charge is 0.329 e. The van der Waals surface area contributed by atoms with Crippen LogP contribution in [0.2, 0.25) is 5.02 Å². The maximum atomic E-state index is 10.5. The van der Waals surface area contributed by atoms with Crippen LogP contribution in [0.5, 0.6) is 0 Å². The van der Waals surface area contributed by atoms with Crippen LogP contribution in [0.3, 0.4) is 0 Å². The lowest BCUT2D eigenvalue weighted by Crippen LogP contribution is -2.21. The number of nitrogens with zero attached hydrogens (tertiary/aromatic N) is 2. The van der Waals surface area contributed by atoms with Crippen molar-refractivity contribution < 1.29 is 4.92 Å². The summed E-state index contributed by atoms with van der Waals surface area (Å²) in [6.45, 7) is 0.155. The molecule has 0 spiro atoms. The van der Waals surface area contributed by atoms with Crippen LogP contribution in [-0.2, 0) is 0 Å². The Hall–Kier alpha value is -1.24. The van der Waals surface area contributed by atoms with Crippen LogP contribution in [0.4, 0.5) is 5.69 Å². The summed E-state index contributed by atoms with van der Waals surface area (Å²) in [6.07, 6.45) is 2.46. The molecule has 0 aliphatic rings. The summed E-state index contributed by atoms with van der Waals surface area (Å²) in [4.78, 5) is 13.6. The molecule has 1 aromatic rings. The molecule has 1 heterocycles. The first-order valence-electron chi connectivity index (χ1n) is 3.81. The molecule has 0 unspecified atom stereocenters. The number of nitrogens with two attached hydrogens (primary N) is 2. The van der Waals surface area contributed by atoms with Gasteiger partial charge in [-0.25, -0.2) is 0 Å². The minimum atomic E-state index is -0.609. The number of aromatic nitrogens is 1. The van der Waals surface area contributed by atoms with E-state index in [4.69, 9.17) is 23.1 Å². The van der Waals surface area contributed by atoms with Gasteiger partial charge in [-0.2, -0.15) is 0 Å². The number of hydrogen-bond acceptors (Lipinski definition) is 5. The molecule has 7 heteroatoms. The fraction of sp³-hybridized carbons (Fsp3) is 0.286. The normalized spacial score (nSPS) is 12.5. The van der Waals surface area contributed by atoms with Crippen LogP contribution in [-0.4, -0.2) is 16.5 Å². The maximum absolute atomic E-state index is 10.5. The summed E-state index contributed by atoms with van der Waals surface area (Å²) in [5.74, 6) is 0. The summed E-state index contributed by atoms with van der Waals surface area (Å²) < 4.78 is 0.